The first-order valence-corrected chi connectivity index (χ1v) is 21.5. The van der Waals surface area contributed by atoms with Gasteiger partial charge in [-0.2, -0.15) is 0 Å². The lowest BCUT2D eigenvalue weighted by Crippen LogP contribution is -2.58. The summed E-state index contributed by atoms with van der Waals surface area (Å²) in [6, 6.07) is 6.61. The maximum Gasteiger partial charge on any atom is 0.415 e. The zero-order valence-corrected chi connectivity index (χ0v) is 33.2. The molecule has 14 heteroatoms. The molecule has 0 saturated heterocycles. The summed E-state index contributed by atoms with van der Waals surface area (Å²) in [5.41, 5.74) is 0.301. The Kier molecular flexibility index (Phi) is 12.0. The summed E-state index contributed by atoms with van der Waals surface area (Å²) in [6.07, 6.45) is 8.85. The lowest BCUT2D eigenvalue weighted by atomic mass is 9.43. The number of nitrogens with zero attached hydrogens (tertiary/aromatic N) is 2. The first-order chi connectivity index (χ1) is 25.6. The highest BCUT2D eigenvalue weighted by atomic mass is 32.2. The number of carbonyl (C=O) groups excluding carboxylic acids is 2. The van der Waals surface area contributed by atoms with Crippen molar-refractivity contribution in [2.75, 3.05) is 13.2 Å². The van der Waals surface area contributed by atoms with Crippen LogP contribution in [0.2, 0.25) is 0 Å². The molecule has 4 aliphatic carbocycles. The summed E-state index contributed by atoms with van der Waals surface area (Å²) < 4.78 is 36.0. The molecule has 4 saturated carbocycles. The number of hydrogen-bond acceptors (Lipinski definition) is 10. The third kappa shape index (κ3) is 7.89. The molecule has 0 aliphatic heterocycles. The van der Waals surface area contributed by atoms with Crippen molar-refractivity contribution in [2.45, 2.75) is 133 Å². The van der Waals surface area contributed by atoms with Crippen molar-refractivity contribution in [2.24, 2.45) is 52.3 Å². The second-order valence-corrected chi connectivity index (χ2v) is 19.6. The third-order valence-corrected chi connectivity index (χ3v) is 15.8. The molecule has 1 aromatic heterocycles. The number of rotatable bonds is 14. The molecular formula is C40H60N4O9S. The van der Waals surface area contributed by atoms with Gasteiger partial charge in [0.05, 0.1) is 28.8 Å². The summed E-state index contributed by atoms with van der Waals surface area (Å²) in [7, 11) is -4.28. The van der Waals surface area contributed by atoms with Gasteiger partial charge in [0.25, 0.3) is 9.84 Å². The number of carbonyl (C=O) groups is 2. The highest BCUT2D eigenvalue weighted by Crippen LogP contribution is 2.68. The monoisotopic (exact) mass is 772 g/mol. The van der Waals surface area contributed by atoms with Gasteiger partial charge >= 0.3 is 10.9 Å². The van der Waals surface area contributed by atoms with E-state index in [1.54, 1.807) is 6.07 Å². The fraction of sp³-hybridized carbons (Fsp3) is 0.750. The lowest BCUT2D eigenvalue weighted by molar-refractivity contribution is -0.832. The minimum absolute atomic E-state index is 0.0311. The highest BCUT2D eigenvalue weighted by molar-refractivity contribution is 7.91. The molecule has 1 aromatic carbocycles. The van der Waals surface area contributed by atoms with Gasteiger partial charge in [-0.1, -0.05) is 52.8 Å². The van der Waals surface area contributed by atoms with Crippen molar-refractivity contribution in [3.8, 4) is 5.88 Å². The third-order valence-electron chi connectivity index (χ3n) is 14.1. The van der Waals surface area contributed by atoms with E-state index in [-0.39, 0.29) is 63.7 Å². The number of hydrogen-bond donors (Lipinski definition) is 4. The van der Waals surface area contributed by atoms with E-state index < -0.39 is 26.8 Å². The Morgan fingerprint density at radius 1 is 1.04 bits per heavy atom. The van der Waals surface area contributed by atoms with Crippen molar-refractivity contribution >= 4 is 21.7 Å². The number of sulfone groups is 1. The van der Waals surface area contributed by atoms with Crippen LogP contribution in [0, 0.1) is 57.5 Å². The van der Waals surface area contributed by atoms with Crippen molar-refractivity contribution in [1.82, 2.24) is 15.8 Å². The Labute approximate surface area is 319 Å². The predicted molar refractivity (Wildman–Crippen MR) is 198 cm³/mol. The molecule has 0 spiro atoms. The molecule has 4 fully saturated rings. The van der Waals surface area contributed by atoms with Crippen LogP contribution in [-0.2, 0) is 19.4 Å². The van der Waals surface area contributed by atoms with Gasteiger partial charge in [0.15, 0.2) is 0 Å². The van der Waals surface area contributed by atoms with Crippen LogP contribution in [0.3, 0.4) is 0 Å². The molecule has 4 N–H and O–H groups in total. The maximum atomic E-state index is 13.3. The first-order valence-electron chi connectivity index (χ1n) is 20.0. The topological polar surface area (TPSA) is 195 Å². The van der Waals surface area contributed by atoms with Crippen LogP contribution in [0.25, 0.3) is 0 Å². The van der Waals surface area contributed by atoms with Crippen LogP contribution in [0.1, 0.15) is 105 Å². The number of aliphatic hydroxyl groups excluding tert-OH is 2. The quantitative estimate of drug-likeness (QED) is 0.156. The van der Waals surface area contributed by atoms with Crippen LogP contribution < -0.4 is 20.3 Å². The number of aliphatic hydroxyl groups is 2. The van der Waals surface area contributed by atoms with Gasteiger partial charge in [0, 0.05) is 6.42 Å². The zero-order valence-electron chi connectivity index (χ0n) is 32.4. The van der Waals surface area contributed by atoms with Gasteiger partial charge in [0.1, 0.15) is 12.6 Å². The number of fused-ring (bicyclic) bond motifs is 5. The standard InChI is InChI=1S/C40H60N4O9S/c1-24(2)21-32(36(48)41-19-20-52-37-38(44(49)53-43-37)54(50,51)28-9-7-6-8-10-28)42-34(47)14-11-25(3)29-12-13-30-35-31(16-18-40(29,30)5)39(4)17-15-27(45)22-26(39)23-33(35)46/h6-10,24-27,29-33,35,45-46H,11-23H2,1-5H3,(H,41,48)(H,42,47)/t25-,26+,27-,29-,30+,31+,32+,33+,35?,39+,40-/m1/s1. The van der Waals surface area contributed by atoms with E-state index in [1.807, 2.05) is 13.8 Å². The normalized spacial score (nSPS) is 33.2. The van der Waals surface area contributed by atoms with E-state index >= 15 is 0 Å². The van der Waals surface area contributed by atoms with Crippen LogP contribution in [0.5, 0.6) is 5.88 Å². The molecule has 0 bridgehead atoms. The maximum absolute atomic E-state index is 13.3. The Hall–Kier alpha value is -3.23. The number of amides is 2. The molecule has 1 unspecified atom stereocenters. The second kappa shape index (κ2) is 16.1. The van der Waals surface area contributed by atoms with Gasteiger partial charge in [-0.25, -0.2) is 8.42 Å². The van der Waals surface area contributed by atoms with Crippen molar-refractivity contribution in [1.29, 1.82) is 0 Å². The van der Waals surface area contributed by atoms with Gasteiger partial charge in [0.2, 0.25) is 11.8 Å². The summed E-state index contributed by atoms with van der Waals surface area (Å²) in [5.74, 6) is 1.46. The zero-order chi connectivity index (χ0) is 39.0. The largest absolute Gasteiger partial charge is 0.453 e. The highest BCUT2D eigenvalue weighted by Gasteiger charge is 2.62. The number of nitrogens with one attached hydrogen (secondary N) is 2. The van der Waals surface area contributed by atoms with Gasteiger partial charge in [-0.3, -0.25) is 14.2 Å². The molecule has 6 rings (SSSR count). The SMILES string of the molecule is CC(C)C[C@H](NC(=O)CC[C@@H](C)[C@H]1CC[C@H]2C3[C@@H](O)C[C@@H]4C[C@H](O)CC[C@]4(C)[C@H]3CC[C@]12C)C(=O)NCCOc1no[n+]([O-])c1S(=O)(=O)c1ccccc1. The average molecular weight is 773 g/mol. The van der Waals surface area contributed by atoms with Crippen LogP contribution in [0.4, 0.5) is 0 Å². The molecule has 54 heavy (non-hydrogen) atoms. The van der Waals surface area contributed by atoms with Gasteiger partial charge < -0.3 is 30.8 Å². The molecule has 300 valence electrons. The lowest BCUT2D eigenvalue weighted by Gasteiger charge is -2.62. The molecule has 2 amide bonds. The smallest absolute Gasteiger partial charge is 0.415 e. The fourth-order valence-corrected chi connectivity index (χ4v) is 12.7. The molecule has 0 radical (unpaired) electrons. The summed E-state index contributed by atoms with van der Waals surface area (Å²) in [4.78, 5) is 26.2. The predicted octanol–water partition coefficient (Wildman–Crippen LogP) is 4.57. The van der Waals surface area contributed by atoms with Crippen molar-refractivity contribution in [3.05, 3.63) is 35.5 Å². The number of ether oxygens (including phenoxy) is 1. The number of benzene rings is 1. The summed E-state index contributed by atoms with van der Waals surface area (Å²) >= 11 is 0. The van der Waals surface area contributed by atoms with Gasteiger partial charge in [-0.05, 0) is 133 Å². The van der Waals surface area contributed by atoms with E-state index in [1.165, 1.54) is 24.3 Å². The summed E-state index contributed by atoms with van der Waals surface area (Å²) in [6.45, 7) is 10.8. The fourth-order valence-electron chi connectivity index (χ4n) is 11.4. The minimum Gasteiger partial charge on any atom is -0.453 e. The van der Waals surface area contributed by atoms with E-state index in [0.29, 0.717) is 54.8 Å². The molecular weight excluding hydrogens is 713 g/mol. The van der Waals surface area contributed by atoms with Gasteiger partial charge in [-0.15, -0.1) is 0 Å². The minimum atomic E-state index is -4.28. The molecule has 1 heterocycles. The average Bonchev–Trinajstić information content (AvgIpc) is 3.69. The Balaban J connectivity index is 1.00. The summed E-state index contributed by atoms with van der Waals surface area (Å²) in [5, 5.41) is 42.5. The molecule has 2 aromatic rings. The van der Waals surface area contributed by atoms with E-state index in [0.717, 1.165) is 51.4 Å². The Morgan fingerprint density at radius 3 is 2.46 bits per heavy atom. The second-order valence-electron chi connectivity index (χ2n) is 17.7. The van der Waals surface area contributed by atoms with E-state index in [4.69, 9.17) is 4.74 Å². The number of aromatic nitrogens is 2. The van der Waals surface area contributed by atoms with Crippen molar-refractivity contribution < 1.29 is 42.5 Å². The van der Waals surface area contributed by atoms with Crippen LogP contribution in [-0.4, -0.2) is 67.0 Å². The molecule has 4 aliphatic rings. The van der Waals surface area contributed by atoms with Crippen molar-refractivity contribution in [3.63, 3.8) is 0 Å². The molecule has 11 atom stereocenters. The van der Waals surface area contributed by atoms with E-state index in [2.05, 4.69) is 41.2 Å². The molecule has 13 nitrogen and oxygen atoms in total. The van der Waals surface area contributed by atoms with Crippen LogP contribution >= 0.6 is 0 Å². The van der Waals surface area contributed by atoms with Crippen LogP contribution in [0.15, 0.2) is 44.9 Å². The Bertz CT molecular complexity index is 1740. The first kappa shape index (κ1) is 40.4. The Morgan fingerprint density at radius 2 is 1.74 bits per heavy atom. The van der Waals surface area contributed by atoms with E-state index in [9.17, 15) is 33.4 Å².